The molecule has 0 atom stereocenters. The van der Waals surface area contributed by atoms with Crippen LogP contribution in [0.4, 0.5) is 16.4 Å². The third kappa shape index (κ3) is 3.04. The Hall–Kier alpha value is -2.43. The number of aromatic nitrogens is 2. The highest BCUT2D eigenvalue weighted by Gasteiger charge is 2.06. The molecule has 0 aliphatic carbocycles. The van der Waals surface area contributed by atoms with Crippen LogP contribution in [0.1, 0.15) is 11.1 Å². The first-order chi connectivity index (χ1) is 8.65. The number of carbonyl (C=O) groups is 1. The Morgan fingerprint density at radius 2 is 1.83 bits per heavy atom. The van der Waals surface area contributed by atoms with Crippen molar-refractivity contribution < 1.29 is 4.79 Å². The number of nitrogens with one attached hydrogen (secondary N) is 2. The number of urea groups is 1. The Bertz CT molecular complexity index is 554. The molecule has 92 valence electrons. The van der Waals surface area contributed by atoms with Crippen LogP contribution < -0.4 is 10.6 Å². The van der Waals surface area contributed by atoms with Crippen LogP contribution in [0.25, 0.3) is 0 Å². The van der Waals surface area contributed by atoms with Gasteiger partial charge in [0.2, 0.25) is 5.95 Å². The normalized spacial score (nSPS) is 9.89. The van der Waals surface area contributed by atoms with Gasteiger partial charge in [0.05, 0.1) is 0 Å². The van der Waals surface area contributed by atoms with Crippen molar-refractivity contribution in [2.75, 3.05) is 10.6 Å². The third-order valence-corrected chi connectivity index (χ3v) is 2.43. The van der Waals surface area contributed by atoms with E-state index in [1.807, 2.05) is 32.0 Å². The molecule has 2 N–H and O–H groups in total. The van der Waals surface area contributed by atoms with Gasteiger partial charge in [0.25, 0.3) is 0 Å². The van der Waals surface area contributed by atoms with Crippen LogP contribution in [-0.4, -0.2) is 16.0 Å². The molecule has 2 rings (SSSR count). The maximum atomic E-state index is 11.7. The van der Waals surface area contributed by atoms with E-state index in [0.29, 0.717) is 0 Å². The Labute approximate surface area is 105 Å². The molecule has 5 nitrogen and oxygen atoms in total. The molecule has 18 heavy (non-hydrogen) atoms. The summed E-state index contributed by atoms with van der Waals surface area (Å²) in [4.78, 5) is 19.6. The van der Waals surface area contributed by atoms with Gasteiger partial charge in [0, 0.05) is 18.1 Å². The van der Waals surface area contributed by atoms with Crippen molar-refractivity contribution in [3.63, 3.8) is 0 Å². The summed E-state index contributed by atoms with van der Waals surface area (Å²) in [5.74, 6) is 0.278. The molecule has 0 spiro atoms. The molecule has 0 unspecified atom stereocenters. The van der Waals surface area contributed by atoms with Gasteiger partial charge in [0.1, 0.15) is 0 Å². The Balaban J connectivity index is 2.05. The largest absolute Gasteiger partial charge is 0.326 e. The fourth-order valence-corrected chi connectivity index (χ4v) is 1.49. The summed E-state index contributed by atoms with van der Waals surface area (Å²) in [6.45, 7) is 3.91. The molecule has 1 aromatic heterocycles. The summed E-state index contributed by atoms with van der Waals surface area (Å²) < 4.78 is 0. The molecule has 0 aliphatic rings. The molecule has 0 bridgehead atoms. The Morgan fingerprint density at radius 1 is 1.11 bits per heavy atom. The lowest BCUT2D eigenvalue weighted by Crippen LogP contribution is -2.21. The van der Waals surface area contributed by atoms with Gasteiger partial charge >= 0.3 is 6.03 Å². The summed E-state index contributed by atoms with van der Waals surface area (Å²) >= 11 is 0. The molecule has 0 aliphatic heterocycles. The van der Waals surface area contributed by atoms with Crippen molar-refractivity contribution in [1.29, 1.82) is 0 Å². The maximum Gasteiger partial charge on any atom is 0.326 e. The SMILES string of the molecule is Cc1ccc(C)c(NC(=O)Nc2ncccn2)c1. The monoisotopic (exact) mass is 242 g/mol. The minimum absolute atomic E-state index is 0.278. The summed E-state index contributed by atoms with van der Waals surface area (Å²) in [6, 6.07) is 7.21. The zero-order valence-corrected chi connectivity index (χ0v) is 10.3. The van der Waals surface area contributed by atoms with E-state index in [1.54, 1.807) is 18.5 Å². The van der Waals surface area contributed by atoms with E-state index >= 15 is 0 Å². The minimum Gasteiger partial charge on any atom is -0.307 e. The zero-order valence-electron chi connectivity index (χ0n) is 10.3. The van der Waals surface area contributed by atoms with E-state index in [-0.39, 0.29) is 12.0 Å². The number of aryl methyl sites for hydroxylation is 2. The van der Waals surface area contributed by atoms with E-state index in [1.165, 1.54) is 0 Å². The molecule has 1 heterocycles. The number of hydrogen-bond donors (Lipinski definition) is 2. The lowest BCUT2D eigenvalue weighted by Gasteiger charge is -2.09. The number of anilines is 2. The van der Waals surface area contributed by atoms with Crippen LogP contribution in [0.5, 0.6) is 0 Å². The topological polar surface area (TPSA) is 66.9 Å². The molecule has 1 aromatic carbocycles. The first kappa shape index (κ1) is 12.0. The molecular weight excluding hydrogens is 228 g/mol. The number of carbonyl (C=O) groups excluding carboxylic acids is 1. The van der Waals surface area contributed by atoms with Crippen LogP contribution in [0, 0.1) is 13.8 Å². The number of rotatable bonds is 2. The van der Waals surface area contributed by atoms with Gasteiger partial charge in [-0.2, -0.15) is 0 Å². The van der Waals surface area contributed by atoms with Gasteiger partial charge in [-0.1, -0.05) is 12.1 Å². The van der Waals surface area contributed by atoms with Crippen molar-refractivity contribution in [3.05, 3.63) is 47.8 Å². The van der Waals surface area contributed by atoms with Crippen molar-refractivity contribution in [2.24, 2.45) is 0 Å². The zero-order chi connectivity index (χ0) is 13.0. The number of amides is 2. The van der Waals surface area contributed by atoms with Crippen molar-refractivity contribution in [3.8, 4) is 0 Å². The van der Waals surface area contributed by atoms with E-state index in [2.05, 4.69) is 20.6 Å². The predicted octanol–water partition coefficient (Wildman–Crippen LogP) is 2.74. The van der Waals surface area contributed by atoms with Gasteiger partial charge in [-0.05, 0) is 37.1 Å². The Morgan fingerprint density at radius 3 is 2.56 bits per heavy atom. The lowest BCUT2D eigenvalue weighted by molar-refractivity contribution is 0.262. The molecule has 5 heteroatoms. The summed E-state index contributed by atoms with van der Waals surface area (Å²) in [7, 11) is 0. The van der Waals surface area contributed by atoms with Crippen LogP contribution in [0.15, 0.2) is 36.7 Å². The fourth-order valence-electron chi connectivity index (χ4n) is 1.49. The average molecular weight is 242 g/mol. The fraction of sp³-hybridized carbons (Fsp3) is 0.154. The van der Waals surface area contributed by atoms with E-state index in [4.69, 9.17) is 0 Å². The van der Waals surface area contributed by atoms with Gasteiger partial charge in [-0.3, -0.25) is 5.32 Å². The molecular formula is C13H14N4O. The average Bonchev–Trinajstić information content (AvgIpc) is 2.35. The number of benzene rings is 1. The first-order valence-electron chi connectivity index (χ1n) is 5.57. The Kier molecular flexibility index (Phi) is 3.52. The van der Waals surface area contributed by atoms with Gasteiger partial charge in [-0.25, -0.2) is 14.8 Å². The van der Waals surface area contributed by atoms with Gasteiger partial charge in [-0.15, -0.1) is 0 Å². The van der Waals surface area contributed by atoms with E-state index in [0.717, 1.165) is 16.8 Å². The van der Waals surface area contributed by atoms with Crippen LogP contribution in [-0.2, 0) is 0 Å². The molecule has 0 saturated heterocycles. The molecule has 0 saturated carbocycles. The highest BCUT2D eigenvalue weighted by Crippen LogP contribution is 2.16. The third-order valence-electron chi connectivity index (χ3n) is 2.43. The first-order valence-corrected chi connectivity index (χ1v) is 5.57. The summed E-state index contributed by atoms with van der Waals surface area (Å²) in [5.41, 5.74) is 2.88. The smallest absolute Gasteiger partial charge is 0.307 e. The standard InChI is InChI=1S/C13H14N4O/c1-9-4-5-10(2)11(8-9)16-13(18)17-12-14-6-3-7-15-12/h3-8H,1-2H3,(H2,14,15,16,17,18). The van der Waals surface area contributed by atoms with Crippen molar-refractivity contribution in [2.45, 2.75) is 13.8 Å². The highest BCUT2D eigenvalue weighted by molar-refractivity contribution is 5.99. The highest BCUT2D eigenvalue weighted by atomic mass is 16.2. The summed E-state index contributed by atoms with van der Waals surface area (Å²) in [6.07, 6.45) is 3.14. The van der Waals surface area contributed by atoms with Crippen molar-refractivity contribution in [1.82, 2.24) is 9.97 Å². The van der Waals surface area contributed by atoms with Crippen LogP contribution >= 0.6 is 0 Å². The quantitative estimate of drug-likeness (QED) is 0.850. The second-order valence-corrected chi connectivity index (χ2v) is 3.97. The van der Waals surface area contributed by atoms with Crippen LogP contribution in [0.3, 0.4) is 0 Å². The molecule has 2 aromatic rings. The second kappa shape index (κ2) is 5.27. The van der Waals surface area contributed by atoms with Crippen LogP contribution in [0.2, 0.25) is 0 Å². The second-order valence-electron chi connectivity index (χ2n) is 3.97. The van der Waals surface area contributed by atoms with Gasteiger partial charge < -0.3 is 5.32 Å². The van der Waals surface area contributed by atoms with E-state index in [9.17, 15) is 4.79 Å². The minimum atomic E-state index is -0.352. The van der Waals surface area contributed by atoms with Gasteiger partial charge in [0.15, 0.2) is 0 Å². The van der Waals surface area contributed by atoms with Crippen molar-refractivity contribution >= 4 is 17.7 Å². The molecule has 2 amide bonds. The molecule has 0 radical (unpaired) electrons. The summed E-state index contributed by atoms with van der Waals surface area (Å²) in [5, 5.41) is 5.33. The number of nitrogens with zero attached hydrogens (tertiary/aromatic N) is 2. The molecule has 0 fully saturated rings. The van der Waals surface area contributed by atoms with E-state index < -0.39 is 0 Å². The number of hydrogen-bond acceptors (Lipinski definition) is 3. The lowest BCUT2D eigenvalue weighted by atomic mass is 10.1. The predicted molar refractivity (Wildman–Crippen MR) is 70.6 cm³/mol. The maximum absolute atomic E-state index is 11.7.